The van der Waals surface area contributed by atoms with Crippen LogP contribution < -0.4 is 15.6 Å². The van der Waals surface area contributed by atoms with Crippen LogP contribution in [-0.4, -0.2) is 18.2 Å². The minimum Gasteiger partial charge on any atom is -0.497 e. The number of rotatable bonds is 7. The van der Waals surface area contributed by atoms with Gasteiger partial charge in [0, 0.05) is 11.6 Å². The number of nitrogens with zero attached hydrogens (tertiary/aromatic N) is 1. The topological polar surface area (TPSA) is 94.4 Å². The molecule has 1 fully saturated rings. The van der Waals surface area contributed by atoms with Crippen LogP contribution in [0.5, 0.6) is 5.75 Å². The van der Waals surface area contributed by atoms with Crippen molar-refractivity contribution >= 4 is 28.9 Å². The molecule has 0 spiro atoms. The zero-order chi connectivity index (χ0) is 25.2. The SMILES string of the molecule is COc1ccc(/C(=C(\c2ccc(/C=C/C(=O)O)cc2)c2ccc3c(c2)C(F)NN3)C2CC2)c(C#N)c1. The fraction of sp³-hybridized carbons (Fsp3) is 0.172. The summed E-state index contributed by atoms with van der Waals surface area (Å²) in [6.45, 7) is 0. The quantitative estimate of drug-likeness (QED) is 0.220. The minimum absolute atomic E-state index is 0.262. The molecule has 3 aromatic rings. The summed E-state index contributed by atoms with van der Waals surface area (Å²) in [4.78, 5) is 10.9. The number of benzene rings is 3. The summed E-state index contributed by atoms with van der Waals surface area (Å²) in [7, 11) is 1.57. The van der Waals surface area contributed by atoms with Gasteiger partial charge in [-0.15, -0.1) is 0 Å². The summed E-state index contributed by atoms with van der Waals surface area (Å²) in [6, 6.07) is 21.1. The Morgan fingerprint density at radius 1 is 1.11 bits per heavy atom. The van der Waals surface area contributed by atoms with Crippen molar-refractivity contribution in [3.63, 3.8) is 0 Å². The number of anilines is 1. The lowest BCUT2D eigenvalue weighted by atomic mass is 9.84. The molecule has 1 aliphatic carbocycles. The second-order valence-electron chi connectivity index (χ2n) is 8.81. The number of carboxylic acid groups (broad SMARTS) is 1. The maximum absolute atomic E-state index is 14.6. The van der Waals surface area contributed by atoms with Gasteiger partial charge >= 0.3 is 5.97 Å². The average molecular weight is 482 g/mol. The zero-order valence-electron chi connectivity index (χ0n) is 19.6. The molecule has 1 unspecified atom stereocenters. The molecule has 0 bridgehead atoms. The number of fused-ring (bicyclic) bond motifs is 1. The van der Waals surface area contributed by atoms with E-state index < -0.39 is 12.3 Å². The van der Waals surface area contributed by atoms with Gasteiger partial charge < -0.3 is 15.3 Å². The zero-order valence-corrected chi connectivity index (χ0v) is 19.6. The van der Waals surface area contributed by atoms with Crippen LogP contribution in [0.3, 0.4) is 0 Å². The van der Waals surface area contributed by atoms with Crippen molar-refractivity contribution in [2.75, 3.05) is 12.5 Å². The first kappa shape index (κ1) is 23.3. The number of carboxylic acids is 1. The predicted octanol–water partition coefficient (Wildman–Crippen LogP) is 5.93. The Labute approximate surface area is 208 Å². The Hall–Kier alpha value is -4.41. The second kappa shape index (κ2) is 9.68. The van der Waals surface area contributed by atoms with Gasteiger partial charge in [-0.25, -0.2) is 14.6 Å². The van der Waals surface area contributed by atoms with Gasteiger partial charge in [0.1, 0.15) is 5.75 Å². The van der Waals surface area contributed by atoms with E-state index in [-0.39, 0.29) is 5.92 Å². The van der Waals surface area contributed by atoms with Crippen LogP contribution in [0.2, 0.25) is 0 Å². The fourth-order valence-electron chi connectivity index (χ4n) is 4.58. The first-order valence-electron chi connectivity index (χ1n) is 11.6. The highest BCUT2D eigenvalue weighted by molar-refractivity contribution is 6.01. The van der Waals surface area contributed by atoms with Crippen molar-refractivity contribution in [1.29, 1.82) is 5.26 Å². The Morgan fingerprint density at radius 3 is 2.53 bits per heavy atom. The third-order valence-electron chi connectivity index (χ3n) is 6.46. The van der Waals surface area contributed by atoms with E-state index in [0.29, 0.717) is 22.6 Å². The van der Waals surface area contributed by atoms with Crippen LogP contribution in [0.1, 0.15) is 52.5 Å². The van der Waals surface area contributed by atoms with E-state index in [1.165, 1.54) is 6.08 Å². The van der Waals surface area contributed by atoms with E-state index >= 15 is 0 Å². The molecule has 0 aromatic heterocycles. The summed E-state index contributed by atoms with van der Waals surface area (Å²) in [5, 5.41) is 18.9. The summed E-state index contributed by atoms with van der Waals surface area (Å²) in [5.74, 6) is -0.144. The van der Waals surface area contributed by atoms with Crippen molar-refractivity contribution in [3.05, 3.63) is 100 Å². The molecule has 180 valence electrons. The van der Waals surface area contributed by atoms with Gasteiger partial charge in [0.25, 0.3) is 0 Å². The predicted molar refractivity (Wildman–Crippen MR) is 137 cm³/mol. The Morgan fingerprint density at radius 2 is 1.86 bits per heavy atom. The molecular formula is C29H24FN3O3. The van der Waals surface area contributed by atoms with Gasteiger partial charge in [0.05, 0.1) is 24.4 Å². The molecule has 36 heavy (non-hydrogen) atoms. The number of alkyl halides is 1. The van der Waals surface area contributed by atoms with Gasteiger partial charge in [-0.05, 0) is 88.6 Å². The van der Waals surface area contributed by atoms with E-state index in [2.05, 4.69) is 16.9 Å². The lowest BCUT2D eigenvalue weighted by Crippen LogP contribution is -2.14. The van der Waals surface area contributed by atoms with E-state index in [1.54, 1.807) is 13.2 Å². The van der Waals surface area contributed by atoms with Crippen molar-refractivity contribution in [2.45, 2.75) is 19.1 Å². The molecule has 5 rings (SSSR count). The van der Waals surface area contributed by atoms with Crippen LogP contribution in [0, 0.1) is 17.2 Å². The van der Waals surface area contributed by atoms with Crippen molar-refractivity contribution in [1.82, 2.24) is 5.43 Å². The lowest BCUT2D eigenvalue weighted by molar-refractivity contribution is -0.131. The molecule has 1 aliphatic heterocycles. The number of carbonyl (C=O) groups is 1. The largest absolute Gasteiger partial charge is 0.497 e. The molecular weight excluding hydrogens is 457 g/mol. The van der Waals surface area contributed by atoms with Crippen LogP contribution >= 0.6 is 0 Å². The van der Waals surface area contributed by atoms with Gasteiger partial charge in [-0.3, -0.25) is 0 Å². The molecule has 7 heteroatoms. The minimum atomic E-state index is -1.33. The summed E-state index contributed by atoms with van der Waals surface area (Å²) >= 11 is 0. The van der Waals surface area contributed by atoms with E-state index in [0.717, 1.165) is 52.3 Å². The molecule has 1 atom stereocenters. The van der Waals surface area contributed by atoms with Crippen LogP contribution in [-0.2, 0) is 4.79 Å². The maximum atomic E-state index is 14.6. The average Bonchev–Trinajstić information content (AvgIpc) is 3.68. The molecule has 0 saturated heterocycles. The van der Waals surface area contributed by atoms with E-state index in [4.69, 9.17) is 9.84 Å². The lowest BCUT2D eigenvalue weighted by Gasteiger charge is -2.19. The summed E-state index contributed by atoms with van der Waals surface area (Å²) in [5.41, 5.74) is 12.5. The summed E-state index contributed by atoms with van der Waals surface area (Å²) in [6.07, 6.45) is 3.29. The monoisotopic (exact) mass is 481 g/mol. The number of allylic oxidation sites excluding steroid dienone is 1. The number of hydrazine groups is 1. The van der Waals surface area contributed by atoms with Crippen molar-refractivity contribution < 1.29 is 19.0 Å². The second-order valence-corrected chi connectivity index (χ2v) is 8.81. The fourth-order valence-corrected chi connectivity index (χ4v) is 4.58. The number of nitrogens with one attached hydrogen (secondary N) is 2. The van der Waals surface area contributed by atoms with Crippen LogP contribution in [0.15, 0.2) is 66.7 Å². The highest BCUT2D eigenvalue weighted by Crippen LogP contribution is 2.49. The smallest absolute Gasteiger partial charge is 0.328 e. The maximum Gasteiger partial charge on any atom is 0.328 e. The molecule has 1 heterocycles. The van der Waals surface area contributed by atoms with E-state index in [9.17, 15) is 14.4 Å². The first-order valence-corrected chi connectivity index (χ1v) is 11.6. The van der Waals surface area contributed by atoms with E-state index in [1.807, 2.05) is 54.6 Å². The standard InChI is InChI=1S/C29H24FN3O3/c1-36-22-10-11-23(21(14-22)16-31)28(19-7-8-19)27(18-5-2-17(3-6-18)4-13-26(34)35)20-9-12-25-24(15-20)29(30)33-32-25/h2-6,9-15,19,29,32-33H,7-8H2,1H3,(H,34,35)/b13-4+,28-27+. The number of methoxy groups -OCH3 is 1. The molecule has 3 N–H and O–H groups in total. The van der Waals surface area contributed by atoms with Gasteiger partial charge in [-0.1, -0.05) is 30.3 Å². The highest BCUT2D eigenvalue weighted by Gasteiger charge is 2.32. The normalized spacial score (nSPS) is 17.2. The number of hydrogen-bond acceptors (Lipinski definition) is 5. The summed E-state index contributed by atoms with van der Waals surface area (Å²) < 4.78 is 19.9. The number of aliphatic carboxylic acids is 1. The van der Waals surface area contributed by atoms with Gasteiger partial charge in [0.15, 0.2) is 6.30 Å². The van der Waals surface area contributed by atoms with Crippen molar-refractivity contribution in [2.24, 2.45) is 5.92 Å². The van der Waals surface area contributed by atoms with Gasteiger partial charge in [-0.2, -0.15) is 5.26 Å². The van der Waals surface area contributed by atoms with Crippen LogP contribution in [0.25, 0.3) is 17.2 Å². The molecule has 2 aliphatic rings. The molecule has 6 nitrogen and oxygen atoms in total. The molecule has 0 radical (unpaired) electrons. The molecule has 0 amide bonds. The highest BCUT2D eigenvalue weighted by atomic mass is 19.1. The van der Waals surface area contributed by atoms with Gasteiger partial charge in [0.2, 0.25) is 0 Å². The van der Waals surface area contributed by atoms with Crippen molar-refractivity contribution in [3.8, 4) is 11.8 Å². The number of hydrogen-bond donors (Lipinski definition) is 3. The van der Waals surface area contributed by atoms with Crippen LogP contribution in [0.4, 0.5) is 10.1 Å². The number of halogens is 1. The Balaban J connectivity index is 1.74. The number of nitriles is 1. The third kappa shape index (κ3) is 4.59. The Kier molecular flexibility index (Phi) is 6.28. The first-order chi connectivity index (χ1) is 17.5. The third-order valence-corrected chi connectivity index (χ3v) is 6.46. The Bertz CT molecular complexity index is 1430. The molecule has 1 saturated carbocycles. The molecule has 3 aromatic carbocycles. The number of ether oxygens (including phenoxy) is 1.